The number of piperazine rings is 1. The zero-order valence-electron chi connectivity index (χ0n) is 16.4. The van der Waals surface area contributed by atoms with Gasteiger partial charge in [0.1, 0.15) is 23.9 Å². The quantitative estimate of drug-likeness (QED) is 0.638. The molecular weight excluding hydrogens is 368 g/mol. The molecule has 1 amide bonds. The SMILES string of the molecule is COc1ccc(N2CCN(C(=O)c3ccc(COc4ccccc4)o3)CC2)cc1. The van der Waals surface area contributed by atoms with E-state index >= 15 is 0 Å². The number of benzene rings is 2. The fourth-order valence-corrected chi connectivity index (χ4v) is 3.36. The van der Waals surface area contributed by atoms with E-state index < -0.39 is 0 Å². The molecule has 3 aromatic rings. The van der Waals surface area contributed by atoms with Gasteiger partial charge in [-0.2, -0.15) is 0 Å². The summed E-state index contributed by atoms with van der Waals surface area (Å²) in [6.07, 6.45) is 0. The van der Waals surface area contributed by atoms with E-state index in [1.165, 1.54) is 0 Å². The molecule has 150 valence electrons. The predicted octanol–water partition coefficient (Wildman–Crippen LogP) is 3.83. The summed E-state index contributed by atoms with van der Waals surface area (Å²) in [5.74, 6) is 2.52. The van der Waals surface area contributed by atoms with Crippen LogP contribution in [0.15, 0.2) is 71.1 Å². The normalized spacial score (nSPS) is 14.0. The minimum absolute atomic E-state index is 0.0784. The number of methoxy groups -OCH3 is 1. The van der Waals surface area contributed by atoms with Crippen LogP contribution >= 0.6 is 0 Å². The third-order valence-corrected chi connectivity index (χ3v) is 5.00. The van der Waals surface area contributed by atoms with Crippen LogP contribution in [-0.2, 0) is 6.61 Å². The lowest BCUT2D eigenvalue weighted by atomic mass is 10.2. The van der Waals surface area contributed by atoms with Gasteiger partial charge in [0.15, 0.2) is 5.76 Å². The zero-order valence-corrected chi connectivity index (χ0v) is 16.4. The number of anilines is 1. The number of amides is 1. The van der Waals surface area contributed by atoms with Crippen LogP contribution in [0.2, 0.25) is 0 Å². The third-order valence-electron chi connectivity index (χ3n) is 5.00. The van der Waals surface area contributed by atoms with Gasteiger partial charge in [-0.25, -0.2) is 0 Å². The second-order valence-electron chi connectivity index (χ2n) is 6.84. The number of nitrogens with zero attached hydrogens (tertiary/aromatic N) is 2. The van der Waals surface area contributed by atoms with Crippen LogP contribution in [0.1, 0.15) is 16.3 Å². The largest absolute Gasteiger partial charge is 0.497 e. The lowest BCUT2D eigenvalue weighted by Gasteiger charge is -2.35. The second-order valence-corrected chi connectivity index (χ2v) is 6.84. The molecule has 1 aromatic heterocycles. The molecule has 2 heterocycles. The minimum atomic E-state index is -0.0784. The first kappa shape index (κ1) is 18.9. The molecule has 6 heteroatoms. The monoisotopic (exact) mass is 392 g/mol. The average Bonchev–Trinajstić information content (AvgIpc) is 3.27. The van der Waals surface area contributed by atoms with Gasteiger partial charge in [-0.1, -0.05) is 18.2 Å². The van der Waals surface area contributed by atoms with Gasteiger partial charge in [0, 0.05) is 31.9 Å². The van der Waals surface area contributed by atoms with Crippen LogP contribution in [0.5, 0.6) is 11.5 Å². The molecule has 29 heavy (non-hydrogen) atoms. The number of ether oxygens (including phenoxy) is 2. The standard InChI is InChI=1S/C23H24N2O4/c1-27-19-9-7-18(8-10-19)24-13-15-25(16-14-24)23(26)22-12-11-21(29-22)17-28-20-5-3-2-4-6-20/h2-12H,13-17H2,1H3. The van der Waals surface area contributed by atoms with Gasteiger partial charge < -0.3 is 23.7 Å². The van der Waals surface area contributed by atoms with Gasteiger partial charge in [0.05, 0.1) is 7.11 Å². The van der Waals surface area contributed by atoms with Crippen LogP contribution in [0.25, 0.3) is 0 Å². The molecule has 1 aliphatic heterocycles. The van der Waals surface area contributed by atoms with E-state index in [1.54, 1.807) is 19.2 Å². The summed E-state index contributed by atoms with van der Waals surface area (Å²) in [4.78, 5) is 16.9. The summed E-state index contributed by atoms with van der Waals surface area (Å²) in [6, 6.07) is 21.1. The van der Waals surface area contributed by atoms with Crippen molar-refractivity contribution in [2.75, 3.05) is 38.2 Å². The Bertz CT molecular complexity index is 929. The average molecular weight is 392 g/mol. The number of hydrogen-bond acceptors (Lipinski definition) is 5. The molecule has 1 fully saturated rings. The van der Waals surface area contributed by atoms with E-state index in [2.05, 4.69) is 4.90 Å². The number of para-hydroxylation sites is 1. The Morgan fingerprint density at radius 2 is 1.62 bits per heavy atom. The van der Waals surface area contributed by atoms with Crippen molar-refractivity contribution in [1.82, 2.24) is 4.90 Å². The van der Waals surface area contributed by atoms with Gasteiger partial charge in [0.25, 0.3) is 5.91 Å². The topological polar surface area (TPSA) is 55.2 Å². The first-order valence-electron chi connectivity index (χ1n) is 9.68. The third kappa shape index (κ3) is 4.54. The van der Waals surface area contributed by atoms with Crippen molar-refractivity contribution >= 4 is 11.6 Å². The van der Waals surface area contributed by atoms with Crippen LogP contribution in [0, 0.1) is 0 Å². The first-order chi connectivity index (χ1) is 14.2. The van der Waals surface area contributed by atoms with Crippen molar-refractivity contribution in [3.05, 3.63) is 78.3 Å². The van der Waals surface area contributed by atoms with Gasteiger partial charge in [-0.3, -0.25) is 4.79 Å². The van der Waals surface area contributed by atoms with Crippen LogP contribution in [0.4, 0.5) is 5.69 Å². The van der Waals surface area contributed by atoms with Crippen molar-refractivity contribution < 1.29 is 18.7 Å². The molecule has 4 rings (SSSR count). The Labute approximate surface area is 170 Å². The van der Waals surface area contributed by atoms with Crippen molar-refractivity contribution in [2.24, 2.45) is 0 Å². The molecule has 0 atom stereocenters. The molecule has 0 unspecified atom stereocenters. The molecule has 1 aliphatic rings. The summed E-state index contributed by atoms with van der Waals surface area (Å²) in [6.45, 7) is 3.16. The highest BCUT2D eigenvalue weighted by Gasteiger charge is 2.24. The van der Waals surface area contributed by atoms with Crippen molar-refractivity contribution in [1.29, 1.82) is 0 Å². The first-order valence-corrected chi connectivity index (χ1v) is 9.68. The van der Waals surface area contributed by atoms with Gasteiger partial charge in [0.2, 0.25) is 0 Å². The highest BCUT2D eigenvalue weighted by molar-refractivity contribution is 5.91. The van der Waals surface area contributed by atoms with E-state index in [9.17, 15) is 4.79 Å². The Kier molecular flexibility index (Phi) is 5.70. The molecule has 0 saturated carbocycles. The fourth-order valence-electron chi connectivity index (χ4n) is 3.36. The van der Waals surface area contributed by atoms with Crippen molar-refractivity contribution in [3.8, 4) is 11.5 Å². The smallest absolute Gasteiger partial charge is 0.289 e. The lowest BCUT2D eigenvalue weighted by molar-refractivity contribution is 0.0710. The number of rotatable bonds is 6. The van der Waals surface area contributed by atoms with Gasteiger partial charge >= 0.3 is 0 Å². The van der Waals surface area contributed by atoms with Gasteiger partial charge in [-0.15, -0.1) is 0 Å². The molecule has 0 bridgehead atoms. The molecule has 2 aromatic carbocycles. The van der Waals surface area contributed by atoms with E-state index in [1.807, 2.05) is 59.5 Å². The fraction of sp³-hybridized carbons (Fsp3) is 0.261. The summed E-state index contributed by atoms with van der Waals surface area (Å²) in [7, 11) is 1.66. The maximum atomic E-state index is 12.8. The summed E-state index contributed by atoms with van der Waals surface area (Å²) in [5.41, 5.74) is 1.14. The Morgan fingerprint density at radius 1 is 0.897 bits per heavy atom. The molecule has 0 spiro atoms. The number of furan rings is 1. The molecule has 0 radical (unpaired) electrons. The summed E-state index contributed by atoms with van der Waals surface area (Å²) in [5, 5.41) is 0. The minimum Gasteiger partial charge on any atom is -0.497 e. The zero-order chi connectivity index (χ0) is 20.1. The number of carbonyl (C=O) groups is 1. The Morgan fingerprint density at radius 3 is 2.31 bits per heavy atom. The van der Waals surface area contributed by atoms with Crippen LogP contribution in [0.3, 0.4) is 0 Å². The van der Waals surface area contributed by atoms with E-state index in [4.69, 9.17) is 13.9 Å². The number of hydrogen-bond donors (Lipinski definition) is 0. The lowest BCUT2D eigenvalue weighted by Crippen LogP contribution is -2.48. The molecule has 1 saturated heterocycles. The van der Waals surface area contributed by atoms with Crippen molar-refractivity contribution in [2.45, 2.75) is 6.61 Å². The van der Waals surface area contributed by atoms with Gasteiger partial charge in [-0.05, 0) is 48.5 Å². The maximum absolute atomic E-state index is 12.8. The molecule has 0 N–H and O–H groups in total. The van der Waals surface area contributed by atoms with E-state index in [0.29, 0.717) is 31.2 Å². The second kappa shape index (κ2) is 8.73. The number of carbonyl (C=O) groups excluding carboxylic acids is 1. The van der Waals surface area contributed by atoms with Crippen molar-refractivity contribution in [3.63, 3.8) is 0 Å². The van der Waals surface area contributed by atoms with E-state index in [-0.39, 0.29) is 5.91 Å². The Balaban J connectivity index is 1.30. The van der Waals surface area contributed by atoms with Crippen LogP contribution < -0.4 is 14.4 Å². The summed E-state index contributed by atoms with van der Waals surface area (Å²) < 4.78 is 16.6. The molecular formula is C23H24N2O4. The highest BCUT2D eigenvalue weighted by Crippen LogP contribution is 2.21. The Hall–Kier alpha value is -3.41. The molecule has 0 aliphatic carbocycles. The summed E-state index contributed by atoms with van der Waals surface area (Å²) >= 11 is 0. The van der Waals surface area contributed by atoms with E-state index in [0.717, 1.165) is 30.3 Å². The highest BCUT2D eigenvalue weighted by atomic mass is 16.5. The predicted molar refractivity (Wildman–Crippen MR) is 111 cm³/mol. The van der Waals surface area contributed by atoms with Crippen LogP contribution in [-0.4, -0.2) is 44.1 Å². The molecule has 6 nitrogen and oxygen atoms in total. The maximum Gasteiger partial charge on any atom is 0.289 e.